The second-order valence-electron chi connectivity index (χ2n) is 28.5. The number of rotatable bonds is 34. The number of methoxy groups -OCH3 is 2. The van der Waals surface area contributed by atoms with Crippen LogP contribution in [0.5, 0.6) is 0 Å². The number of azide groups is 1. The molecule has 12 rings (SSSR count). The predicted octanol–water partition coefficient (Wildman–Crippen LogP) is 8.10. The van der Waals surface area contributed by atoms with Gasteiger partial charge in [-0.1, -0.05) is 139 Å². The number of carbonyl (C=O) groups is 9. The molecule has 120 heavy (non-hydrogen) atoms. The van der Waals surface area contributed by atoms with Crippen molar-refractivity contribution in [2.24, 2.45) is 5.11 Å². The van der Waals surface area contributed by atoms with Crippen LogP contribution in [0, 0.1) is 0 Å². The van der Waals surface area contributed by atoms with Gasteiger partial charge in [-0.2, -0.15) is 0 Å². The van der Waals surface area contributed by atoms with Crippen LogP contribution in [0.15, 0.2) is 187 Å². The summed E-state index contributed by atoms with van der Waals surface area (Å²) < 4.78 is 151. The Labute approximate surface area is 693 Å². The molecule has 6 aromatic carbocycles. The highest BCUT2D eigenvalue weighted by atomic mass is 35.5. The number of alkyl halides is 1. The predicted molar refractivity (Wildman–Crippen MR) is 407 cm³/mol. The number of ether oxygens (including phenoxy) is 23. The maximum Gasteiger partial charge on any atom is 0.338 e. The molecule has 0 spiro atoms. The van der Waals surface area contributed by atoms with E-state index in [1.54, 1.807) is 133 Å². The van der Waals surface area contributed by atoms with Crippen LogP contribution in [0.2, 0.25) is 0 Å². The summed E-state index contributed by atoms with van der Waals surface area (Å²) >= 11 is 6.30. The normalized spacial score (nSPS) is 30.7. The molecule has 6 aliphatic rings. The third kappa shape index (κ3) is 21.7. The summed E-state index contributed by atoms with van der Waals surface area (Å²) in [6, 6.07) is 46.2. The number of hydrogen-bond donors (Lipinski definition) is 0. The number of carbonyl (C=O) groups excluding carboxylic acids is 9. The van der Waals surface area contributed by atoms with E-state index >= 15 is 9.59 Å². The molecule has 0 unspecified atom stereocenters. The maximum atomic E-state index is 15.2. The lowest BCUT2D eigenvalue weighted by atomic mass is 9.90. The van der Waals surface area contributed by atoms with Gasteiger partial charge >= 0.3 is 53.7 Å². The Morgan fingerprint density at radius 2 is 0.867 bits per heavy atom. The van der Waals surface area contributed by atoms with Crippen molar-refractivity contribution >= 4 is 65.3 Å². The van der Waals surface area contributed by atoms with Crippen molar-refractivity contribution in [3.8, 4) is 0 Å². The van der Waals surface area contributed by atoms with Gasteiger partial charge < -0.3 is 109 Å². The summed E-state index contributed by atoms with van der Waals surface area (Å²) in [5, 5.41) is 4.02. The van der Waals surface area contributed by atoms with Gasteiger partial charge in [-0.15, -0.1) is 11.6 Å². The molecule has 24 atom stereocenters. The molecule has 0 amide bonds. The van der Waals surface area contributed by atoms with E-state index in [-0.39, 0.29) is 35.5 Å². The number of benzene rings is 6. The second-order valence-corrected chi connectivity index (χ2v) is 28.8. The van der Waals surface area contributed by atoms with E-state index in [9.17, 15) is 39.1 Å². The molecule has 6 aliphatic heterocycles. The summed E-state index contributed by atoms with van der Waals surface area (Å²) in [5.41, 5.74) is 11.7. The van der Waals surface area contributed by atoms with Crippen LogP contribution in [-0.2, 0) is 146 Å². The topological polar surface area (TPSA) is 415 Å². The largest absolute Gasteiger partial charge is 0.463 e. The quantitative estimate of drug-likeness (QED) is 0.00918. The van der Waals surface area contributed by atoms with E-state index in [1.807, 2.05) is 0 Å². The highest BCUT2D eigenvalue weighted by molar-refractivity contribution is 6.26. The van der Waals surface area contributed by atoms with Crippen molar-refractivity contribution in [2.75, 3.05) is 46.5 Å². The first-order chi connectivity index (χ1) is 57.9. The lowest BCUT2D eigenvalue weighted by Gasteiger charge is -2.58. The second kappa shape index (κ2) is 41.2. The standard InChI is InChI=1S/C84H90ClN3O32/c1-46(89)101-43-57-62(105-48(3)91)66(106-49(4)92)61(87-88-86)79(108-57)118-74-71-70(119-83(5,98-7)84(6,99-8)120-71)65(56(107-60(93)39-85)42-100-40-50-27-15-9-16-28-50)115-82(74)117-69-67(64-58(44-102-47(2)90)109-80(114-64)72(69)103-41-51-29-17-10-18-30-51)116-81-73(113-78(97)55-37-25-14-26-38-55)68(112-77(96)54-35-23-13-24-36-54)63(111-76(95)53-33-21-12-22-34-53)59(110-81)45-104-75(94)52-31-19-11-20-32-52/h9-38,56-59,61-74,79-82H,39-45H2,1-8H3/t56-,57+,58-,59+,61+,62+,63+,64+,65+,66+,67+,68-,69-,70+,71-,72-,73+,74-,79+,80+,81-,82+,83-,84-/m0/s1. The molecule has 6 aromatic rings. The van der Waals surface area contributed by atoms with Crippen LogP contribution in [0.1, 0.15) is 94.1 Å². The molecule has 0 N–H and O–H groups in total. The van der Waals surface area contributed by atoms with E-state index in [0.717, 1.165) is 27.7 Å². The van der Waals surface area contributed by atoms with E-state index < -0.39 is 233 Å². The van der Waals surface area contributed by atoms with E-state index in [1.165, 1.54) is 76.6 Å². The summed E-state index contributed by atoms with van der Waals surface area (Å²) in [5.74, 6) is -13.5. The average molecular weight is 1690 g/mol. The molecule has 6 fully saturated rings. The monoisotopic (exact) mass is 1690 g/mol. The molecule has 35 nitrogen and oxygen atoms in total. The molecule has 0 aliphatic carbocycles. The third-order valence-corrected chi connectivity index (χ3v) is 20.6. The number of esters is 9. The molecule has 6 saturated heterocycles. The van der Waals surface area contributed by atoms with Gasteiger partial charge in [-0.25, -0.2) is 19.2 Å². The minimum Gasteiger partial charge on any atom is -0.463 e. The van der Waals surface area contributed by atoms with Crippen LogP contribution in [0.3, 0.4) is 0 Å². The van der Waals surface area contributed by atoms with Crippen molar-refractivity contribution in [2.45, 2.75) is 201 Å². The summed E-state index contributed by atoms with van der Waals surface area (Å²) in [7, 11) is 2.55. The van der Waals surface area contributed by atoms with Gasteiger partial charge in [0.2, 0.25) is 11.6 Å². The average Bonchev–Trinajstić information content (AvgIpc) is 0.733. The van der Waals surface area contributed by atoms with Gasteiger partial charge in [-0.3, -0.25) is 24.0 Å². The minimum atomic E-state index is -2.21. The van der Waals surface area contributed by atoms with E-state index in [2.05, 4.69) is 10.0 Å². The lowest BCUT2D eigenvalue weighted by Crippen LogP contribution is -2.75. The van der Waals surface area contributed by atoms with E-state index in [0.29, 0.717) is 11.1 Å². The number of hydrogen-bond acceptors (Lipinski definition) is 33. The van der Waals surface area contributed by atoms with E-state index in [4.69, 9.17) is 121 Å². The molecule has 6 heterocycles. The summed E-state index contributed by atoms with van der Waals surface area (Å²) in [6.07, 6.45) is -38.6. The first-order valence-corrected chi connectivity index (χ1v) is 38.8. The zero-order valence-corrected chi connectivity index (χ0v) is 67.0. The number of fused-ring (bicyclic) bond motifs is 3. The summed E-state index contributed by atoms with van der Waals surface area (Å²) in [4.78, 5) is 129. The van der Waals surface area contributed by atoms with Gasteiger partial charge in [-0.05, 0) is 79.0 Å². The highest BCUT2D eigenvalue weighted by Crippen LogP contribution is 2.49. The van der Waals surface area contributed by atoms with Crippen LogP contribution >= 0.6 is 11.6 Å². The fourth-order valence-corrected chi connectivity index (χ4v) is 14.5. The lowest BCUT2D eigenvalue weighted by molar-refractivity contribution is -0.490. The number of nitrogens with zero attached hydrogens (tertiary/aromatic N) is 3. The molecule has 0 saturated carbocycles. The Balaban J connectivity index is 1.08. The van der Waals surface area contributed by atoms with Crippen molar-refractivity contribution in [1.29, 1.82) is 0 Å². The molecule has 0 aromatic heterocycles. The Morgan fingerprint density at radius 3 is 1.38 bits per heavy atom. The van der Waals surface area contributed by atoms with Crippen molar-refractivity contribution in [3.05, 3.63) is 226 Å². The van der Waals surface area contributed by atoms with Crippen LogP contribution < -0.4 is 0 Å². The van der Waals surface area contributed by atoms with Crippen LogP contribution in [0.4, 0.5) is 0 Å². The van der Waals surface area contributed by atoms with Crippen LogP contribution in [-0.4, -0.2) is 247 Å². The Kier molecular flexibility index (Phi) is 30.5. The van der Waals surface area contributed by atoms with Crippen molar-refractivity contribution in [3.63, 3.8) is 0 Å². The SMILES string of the molecule is CO[C@@]1(C)O[C@H]2[C@H](O[C@]1(C)OC)[C@@H]([C@H](COCc1ccccc1)OC(=O)CCl)O[C@H](O[C@H]1[C@H](O[C@@H]3O[C@H](COC(=O)c4ccccc4)[C@@H](OC(=O)c4ccccc4)[C@H](OC(=O)c4ccccc4)[C@H]3OC(=O)c3ccccc3)[C@@H]3O[C@@H](O[C@H]3COC(C)=O)[C@H]1OCc1ccccc1)[C@H]2O[C@H]1O[C@H](COC(C)=O)[C@@H](OC(C)=O)[C@H](OC(C)=O)[C@H]1N=[N+]=[N-]. The maximum absolute atomic E-state index is 15.2. The van der Waals surface area contributed by atoms with Crippen LogP contribution in [0.25, 0.3) is 10.4 Å². The van der Waals surface area contributed by atoms with Gasteiger partial charge in [0.1, 0.15) is 98.9 Å². The van der Waals surface area contributed by atoms with Gasteiger partial charge in [0.25, 0.3) is 0 Å². The van der Waals surface area contributed by atoms with Crippen molar-refractivity contribution in [1.82, 2.24) is 0 Å². The Hall–Kier alpha value is -10.4. The smallest absolute Gasteiger partial charge is 0.338 e. The third-order valence-electron chi connectivity index (χ3n) is 20.4. The minimum absolute atomic E-state index is 0.0216. The first-order valence-electron chi connectivity index (χ1n) is 38.3. The molecule has 0 radical (unpaired) electrons. The fourth-order valence-electron chi connectivity index (χ4n) is 14.5. The zero-order chi connectivity index (χ0) is 85.2. The Bertz CT molecular complexity index is 4510. The highest BCUT2D eigenvalue weighted by Gasteiger charge is 2.68. The fraction of sp³-hybridized carbons (Fsp3) is 0.464. The first kappa shape index (κ1) is 88.9. The van der Waals surface area contributed by atoms with Gasteiger partial charge in [0, 0.05) is 46.8 Å². The molecular formula is C84H90ClN3O32. The zero-order valence-electron chi connectivity index (χ0n) is 66.3. The molecule has 2 bridgehead atoms. The molecule has 640 valence electrons. The molecule has 36 heteroatoms. The number of halogens is 1. The molecular weight excluding hydrogens is 1600 g/mol. The van der Waals surface area contributed by atoms with Gasteiger partial charge in [0.15, 0.2) is 61.8 Å². The van der Waals surface area contributed by atoms with Crippen molar-refractivity contribution < 1.29 is 152 Å². The summed E-state index contributed by atoms with van der Waals surface area (Å²) in [6.45, 7) is 4.06. The van der Waals surface area contributed by atoms with Gasteiger partial charge in [0.05, 0.1) is 42.1 Å². The Morgan fingerprint density at radius 1 is 0.433 bits per heavy atom.